The number of rotatable bonds is 2. The van der Waals surface area contributed by atoms with E-state index in [2.05, 4.69) is 14.2 Å². The molecule has 0 radical (unpaired) electrons. The lowest BCUT2D eigenvalue weighted by Gasteiger charge is -2.03. The molecule has 0 aliphatic heterocycles. The first-order valence-electron chi connectivity index (χ1n) is 4.79. The predicted molar refractivity (Wildman–Crippen MR) is 67.9 cm³/mol. The summed E-state index contributed by atoms with van der Waals surface area (Å²) in [7, 11) is 2.52. The number of hydrogen-bond donors (Lipinski definition) is 1. The van der Waals surface area contributed by atoms with E-state index in [4.69, 9.17) is 5.73 Å². The maximum Gasteiger partial charge on any atom is 0.211 e. The zero-order valence-corrected chi connectivity index (χ0v) is 9.71. The summed E-state index contributed by atoms with van der Waals surface area (Å²) in [5.41, 5.74) is 7.32. The van der Waals surface area contributed by atoms with Crippen LogP contribution in [0.2, 0.25) is 0 Å². The standard InChI is InChI=1S/C12H11N2OP/c13-9-7-8(4-5-11(9)16)12(15)10-3-1-2-6-14-10/h1-7H,13,16H2. The van der Waals surface area contributed by atoms with E-state index >= 15 is 0 Å². The Morgan fingerprint density at radius 2 is 2.06 bits per heavy atom. The van der Waals surface area contributed by atoms with Crippen LogP contribution >= 0.6 is 9.24 Å². The van der Waals surface area contributed by atoms with Crippen molar-refractivity contribution in [1.29, 1.82) is 0 Å². The molecule has 0 aliphatic carbocycles. The van der Waals surface area contributed by atoms with Gasteiger partial charge in [-0.2, -0.15) is 0 Å². The van der Waals surface area contributed by atoms with Gasteiger partial charge in [-0.1, -0.05) is 18.2 Å². The smallest absolute Gasteiger partial charge is 0.211 e. The molecule has 0 amide bonds. The quantitative estimate of drug-likeness (QED) is 0.482. The molecule has 0 aliphatic rings. The highest BCUT2D eigenvalue weighted by molar-refractivity contribution is 7.28. The maximum atomic E-state index is 12.0. The van der Waals surface area contributed by atoms with E-state index in [0.29, 0.717) is 16.9 Å². The molecule has 16 heavy (non-hydrogen) atoms. The number of aromatic nitrogens is 1. The molecule has 0 bridgehead atoms. The second-order valence-corrected chi connectivity index (χ2v) is 4.01. The lowest BCUT2D eigenvalue weighted by Crippen LogP contribution is -2.08. The first-order valence-corrected chi connectivity index (χ1v) is 5.37. The average molecular weight is 230 g/mol. The summed E-state index contributed by atoms with van der Waals surface area (Å²) in [6.07, 6.45) is 1.60. The molecule has 0 saturated heterocycles. The molecule has 2 rings (SSSR count). The molecule has 80 valence electrons. The van der Waals surface area contributed by atoms with Gasteiger partial charge in [-0.3, -0.25) is 9.78 Å². The molecule has 1 aromatic heterocycles. The Morgan fingerprint density at radius 3 is 2.69 bits per heavy atom. The largest absolute Gasteiger partial charge is 0.398 e. The number of ketones is 1. The van der Waals surface area contributed by atoms with E-state index in [9.17, 15) is 4.79 Å². The van der Waals surface area contributed by atoms with E-state index in [1.54, 1.807) is 42.6 Å². The molecule has 3 nitrogen and oxygen atoms in total. The highest BCUT2D eigenvalue weighted by atomic mass is 31.0. The first kappa shape index (κ1) is 10.8. The van der Waals surface area contributed by atoms with Crippen LogP contribution in [0.25, 0.3) is 0 Å². The SMILES string of the molecule is Nc1cc(C(=O)c2ccccn2)ccc1P. The summed E-state index contributed by atoms with van der Waals surface area (Å²) in [6, 6.07) is 10.5. The number of pyridine rings is 1. The van der Waals surface area contributed by atoms with Crippen LogP contribution in [0, 0.1) is 0 Å². The molecule has 4 heteroatoms. The van der Waals surface area contributed by atoms with E-state index in [1.807, 2.05) is 0 Å². The highest BCUT2D eigenvalue weighted by Gasteiger charge is 2.10. The third-order valence-electron chi connectivity index (χ3n) is 2.25. The molecule has 0 spiro atoms. The fourth-order valence-electron chi connectivity index (χ4n) is 1.36. The minimum absolute atomic E-state index is 0.114. The topological polar surface area (TPSA) is 56.0 Å². The predicted octanol–water partition coefficient (Wildman–Crippen LogP) is 1.40. The van der Waals surface area contributed by atoms with Crippen LogP contribution in [-0.2, 0) is 0 Å². The molecule has 2 aromatic rings. The van der Waals surface area contributed by atoms with Gasteiger partial charge in [-0.05, 0) is 23.5 Å². The molecule has 1 atom stereocenters. The Bertz CT molecular complexity index is 526. The minimum atomic E-state index is -0.114. The number of anilines is 1. The van der Waals surface area contributed by atoms with Gasteiger partial charge in [0.1, 0.15) is 5.69 Å². The molecular formula is C12H11N2OP. The van der Waals surface area contributed by atoms with Crippen molar-refractivity contribution in [3.8, 4) is 0 Å². The van der Waals surface area contributed by atoms with Crippen LogP contribution in [0.4, 0.5) is 5.69 Å². The summed E-state index contributed by atoms with van der Waals surface area (Å²) in [5, 5.41) is 0.887. The van der Waals surface area contributed by atoms with Gasteiger partial charge in [0.25, 0.3) is 0 Å². The van der Waals surface area contributed by atoms with Crippen LogP contribution in [0.15, 0.2) is 42.6 Å². The summed E-state index contributed by atoms with van der Waals surface area (Å²) < 4.78 is 0. The molecular weight excluding hydrogens is 219 g/mol. The molecule has 2 N–H and O–H groups in total. The van der Waals surface area contributed by atoms with Crippen molar-refractivity contribution >= 4 is 26.0 Å². The van der Waals surface area contributed by atoms with Crippen molar-refractivity contribution in [2.45, 2.75) is 0 Å². The second-order valence-electron chi connectivity index (χ2n) is 3.39. The van der Waals surface area contributed by atoms with Gasteiger partial charge in [0.05, 0.1) is 0 Å². The van der Waals surface area contributed by atoms with E-state index in [1.165, 1.54) is 0 Å². The van der Waals surface area contributed by atoms with Crippen LogP contribution in [0.3, 0.4) is 0 Å². The summed E-state index contributed by atoms with van der Waals surface area (Å²) in [6.45, 7) is 0. The Morgan fingerprint density at radius 1 is 1.25 bits per heavy atom. The van der Waals surface area contributed by atoms with Crippen molar-refractivity contribution in [3.05, 3.63) is 53.9 Å². The van der Waals surface area contributed by atoms with Gasteiger partial charge >= 0.3 is 0 Å². The zero-order valence-electron chi connectivity index (χ0n) is 8.55. The minimum Gasteiger partial charge on any atom is -0.398 e. The number of nitrogens with zero attached hydrogens (tertiary/aromatic N) is 1. The van der Waals surface area contributed by atoms with Crippen molar-refractivity contribution in [3.63, 3.8) is 0 Å². The summed E-state index contributed by atoms with van der Waals surface area (Å²) >= 11 is 0. The Labute approximate surface area is 95.9 Å². The Kier molecular flexibility index (Phi) is 2.97. The number of benzene rings is 1. The molecule has 0 saturated carbocycles. The van der Waals surface area contributed by atoms with Gasteiger partial charge in [0, 0.05) is 17.4 Å². The summed E-state index contributed by atoms with van der Waals surface area (Å²) in [4.78, 5) is 16.0. The maximum absolute atomic E-state index is 12.0. The Balaban J connectivity index is 2.39. The van der Waals surface area contributed by atoms with Crippen molar-refractivity contribution in [2.75, 3.05) is 5.73 Å². The van der Waals surface area contributed by atoms with Gasteiger partial charge in [-0.15, -0.1) is 9.24 Å². The van der Waals surface area contributed by atoms with Gasteiger partial charge in [0.2, 0.25) is 5.78 Å². The van der Waals surface area contributed by atoms with Crippen LogP contribution in [0.1, 0.15) is 16.1 Å². The Hall–Kier alpha value is -1.73. The number of hydrogen-bond acceptors (Lipinski definition) is 3. The number of carbonyl (C=O) groups excluding carboxylic acids is 1. The molecule has 1 unspecified atom stereocenters. The molecule has 1 heterocycles. The van der Waals surface area contributed by atoms with E-state index in [0.717, 1.165) is 5.30 Å². The monoisotopic (exact) mass is 230 g/mol. The molecule has 0 fully saturated rings. The average Bonchev–Trinajstić information content (AvgIpc) is 2.33. The fourth-order valence-corrected chi connectivity index (χ4v) is 1.54. The summed E-state index contributed by atoms with van der Waals surface area (Å²) in [5.74, 6) is -0.114. The number of nitrogen functional groups attached to an aromatic ring is 1. The normalized spacial score (nSPS) is 10.1. The second kappa shape index (κ2) is 4.42. The first-order chi connectivity index (χ1) is 7.68. The van der Waals surface area contributed by atoms with Gasteiger partial charge in [0.15, 0.2) is 0 Å². The highest BCUT2D eigenvalue weighted by Crippen LogP contribution is 2.11. The van der Waals surface area contributed by atoms with Gasteiger partial charge < -0.3 is 5.73 Å². The fraction of sp³-hybridized carbons (Fsp3) is 0. The van der Waals surface area contributed by atoms with E-state index < -0.39 is 0 Å². The number of nitrogens with two attached hydrogens (primary N) is 1. The zero-order chi connectivity index (χ0) is 11.5. The van der Waals surface area contributed by atoms with Crippen molar-refractivity contribution in [1.82, 2.24) is 4.98 Å². The van der Waals surface area contributed by atoms with Crippen LogP contribution in [0.5, 0.6) is 0 Å². The lowest BCUT2D eigenvalue weighted by atomic mass is 10.1. The number of carbonyl (C=O) groups is 1. The van der Waals surface area contributed by atoms with Gasteiger partial charge in [-0.25, -0.2) is 0 Å². The molecule has 1 aromatic carbocycles. The van der Waals surface area contributed by atoms with Crippen molar-refractivity contribution < 1.29 is 4.79 Å². The third-order valence-corrected chi connectivity index (χ3v) is 2.77. The van der Waals surface area contributed by atoms with Crippen LogP contribution in [-0.4, -0.2) is 10.8 Å². The van der Waals surface area contributed by atoms with Crippen molar-refractivity contribution in [2.24, 2.45) is 0 Å². The van der Waals surface area contributed by atoms with E-state index in [-0.39, 0.29) is 5.78 Å². The third kappa shape index (κ3) is 2.10. The lowest BCUT2D eigenvalue weighted by molar-refractivity contribution is 0.103. The van der Waals surface area contributed by atoms with Crippen LogP contribution < -0.4 is 11.0 Å².